The van der Waals surface area contributed by atoms with Crippen LogP contribution in [0.2, 0.25) is 0 Å². The molecule has 0 aliphatic heterocycles. The fraction of sp³-hybridized carbons (Fsp3) is 0.0714. The van der Waals surface area contributed by atoms with Crippen LogP contribution in [0.25, 0.3) is 0 Å². The van der Waals surface area contributed by atoms with Crippen molar-refractivity contribution < 1.29 is 9.72 Å². The van der Waals surface area contributed by atoms with E-state index in [1.165, 1.54) is 24.3 Å². The number of carbonyl (C=O) groups excluding carboxylic acids is 1. The second-order valence-electron chi connectivity index (χ2n) is 4.35. The number of benzene rings is 2. The molecule has 7 heteroatoms. The van der Waals surface area contributed by atoms with Crippen molar-refractivity contribution in [2.75, 3.05) is 5.43 Å². The van der Waals surface area contributed by atoms with Gasteiger partial charge in [0, 0.05) is 21.3 Å². The van der Waals surface area contributed by atoms with Crippen molar-refractivity contribution >= 4 is 39.9 Å². The van der Waals surface area contributed by atoms with Gasteiger partial charge in [-0.2, -0.15) is 0 Å². The highest BCUT2D eigenvalue weighted by Gasteiger charge is 2.11. The number of nitro groups is 1. The molecule has 2 N–H and O–H groups in total. The number of aryl methyl sites for hydroxylation is 1. The minimum atomic E-state index is -0.534. The van der Waals surface area contributed by atoms with E-state index in [1.807, 2.05) is 25.1 Å². The predicted molar refractivity (Wildman–Crippen MR) is 88.1 cm³/mol. The molecule has 2 aromatic rings. The van der Waals surface area contributed by atoms with Crippen molar-refractivity contribution in [1.82, 2.24) is 5.43 Å². The van der Waals surface area contributed by atoms with E-state index < -0.39 is 10.8 Å². The lowest BCUT2D eigenvalue weighted by atomic mass is 10.2. The molecule has 0 saturated heterocycles. The van der Waals surface area contributed by atoms with Crippen molar-refractivity contribution in [3.8, 4) is 0 Å². The Morgan fingerprint density at radius 3 is 2.67 bits per heavy atom. The van der Waals surface area contributed by atoms with Crippen LogP contribution in [-0.2, 0) is 0 Å². The average molecular weight is 397 g/mol. The number of halogens is 1. The van der Waals surface area contributed by atoms with Crippen LogP contribution in [0.15, 0.2) is 42.5 Å². The van der Waals surface area contributed by atoms with Crippen LogP contribution in [0.1, 0.15) is 15.9 Å². The Kier molecular flexibility index (Phi) is 4.73. The predicted octanol–water partition coefficient (Wildman–Crippen LogP) is 3.26. The van der Waals surface area contributed by atoms with Crippen LogP contribution in [0, 0.1) is 20.6 Å². The highest BCUT2D eigenvalue weighted by atomic mass is 127. The standard InChI is InChI=1S/C14H12IN3O3/c1-9-7-11(15)5-6-13(9)16-17-14(19)10-3-2-4-12(8-10)18(20)21/h2-8,16H,1H3,(H,17,19). The van der Waals surface area contributed by atoms with Gasteiger partial charge >= 0.3 is 0 Å². The van der Waals surface area contributed by atoms with Gasteiger partial charge in [0.05, 0.1) is 10.6 Å². The lowest BCUT2D eigenvalue weighted by Crippen LogP contribution is -2.29. The molecule has 0 aliphatic carbocycles. The molecule has 2 aromatic carbocycles. The largest absolute Gasteiger partial charge is 0.298 e. The molecule has 108 valence electrons. The number of nitrogens with zero attached hydrogens (tertiary/aromatic N) is 1. The van der Waals surface area contributed by atoms with E-state index in [0.29, 0.717) is 0 Å². The zero-order valence-corrected chi connectivity index (χ0v) is 13.2. The van der Waals surface area contributed by atoms with Crippen molar-refractivity contribution in [3.05, 3.63) is 67.3 Å². The van der Waals surface area contributed by atoms with E-state index in [1.54, 1.807) is 0 Å². The van der Waals surface area contributed by atoms with E-state index in [-0.39, 0.29) is 11.3 Å². The molecular weight excluding hydrogens is 385 g/mol. The highest BCUT2D eigenvalue weighted by molar-refractivity contribution is 14.1. The van der Waals surface area contributed by atoms with Gasteiger partial charge in [-0.25, -0.2) is 0 Å². The molecule has 6 nitrogen and oxygen atoms in total. The third kappa shape index (κ3) is 3.91. The summed E-state index contributed by atoms with van der Waals surface area (Å²) in [5.41, 5.74) is 7.21. The zero-order chi connectivity index (χ0) is 15.4. The summed E-state index contributed by atoms with van der Waals surface area (Å²) in [6.07, 6.45) is 0. The van der Waals surface area contributed by atoms with Gasteiger partial charge < -0.3 is 0 Å². The second kappa shape index (κ2) is 6.53. The molecule has 0 aromatic heterocycles. The maximum absolute atomic E-state index is 12.0. The molecule has 2 rings (SSSR count). The van der Waals surface area contributed by atoms with Gasteiger partial charge in [0.1, 0.15) is 0 Å². The normalized spacial score (nSPS) is 10.0. The number of carbonyl (C=O) groups is 1. The second-order valence-corrected chi connectivity index (χ2v) is 5.59. The molecule has 0 radical (unpaired) electrons. The molecule has 0 fully saturated rings. The summed E-state index contributed by atoms with van der Waals surface area (Å²) >= 11 is 2.20. The first-order valence-electron chi connectivity index (χ1n) is 6.04. The Hall–Kier alpha value is -2.16. The summed E-state index contributed by atoms with van der Waals surface area (Å²) in [5, 5.41) is 10.7. The van der Waals surface area contributed by atoms with E-state index >= 15 is 0 Å². The van der Waals surface area contributed by atoms with Crippen LogP contribution >= 0.6 is 22.6 Å². The van der Waals surface area contributed by atoms with E-state index in [2.05, 4.69) is 33.4 Å². The summed E-state index contributed by atoms with van der Waals surface area (Å²) < 4.78 is 1.10. The van der Waals surface area contributed by atoms with Gasteiger partial charge in [-0.3, -0.25) is 25.8 Å². The fourth-order valence-electron chi connectivity index (χ4n) is 1.72. The molecule has 21 heavy (non-hydrogen) atoms. The van der Waals surface area contributed by atoms with Gasteiger partial charge in [0.25, 0.3) is 11.6 Å². The molecule has 0 bridgehead atoms. The van der Waals surface area contributed by atoms with Gasteiger partial charge in [-0.05, 0) is 59.3 Å². The molecule has 1 amide bonds. The molecule has 0 saturated carbocycles. The van der Waals surface area contributed by atoms with Crippen molar-refractivity contribution in [1.29, 1.82) is 0 Å². The molecule has 0 spiro atoms. The third-order valence-corrected chi connectivity index (χ3v) is 3.49. The van der Waals surface area contributed by atoms with Crippen LogP contribution in [0.5, 0.6) is 0 Å². The minimum absolute atomic E-state index is 0.118. The smallest absolute Gasteiger partial charge is 0.270 e. The number of non-ortho nitro benzene ring substituents is 1. The Morgan fingerprint density at radius 2 is 2.00 bits per heavy atom. The fourth-order valence-corrected chi connectivity index (χ4v) is 2.37. The van der Waals surface area contributed by atoms with Crippen molar-refractivity contribution in [2.24, 2.45) is 0 Å². The number of hydrazine groups is 1. The Bertz CT molecular complexity index is 704. The molecule has 0 aliphatic rings. The van der Waals surface area contributed by atoms with Gasteiger partial charge in [-0.1, -0.05) is 6.07 Å². The van der Waals surface area contributed by atoms with E-state index in [0.717, 1.165) is 14.8 Å². The summed E-state index contributed by atoms with van der Waals surface area (Å²) in [4.78, 5) is 22.1. The maximum atomic E-state index is 12.0. The number of hydrogen-bond acceptors (Lipinski definition) is 4. The summed E-state index contributed by atoms with van der Waals surface area (Å²) in [6.45, 7) is 1.92. The third-order valence-electron chi connectivity index (χ3n) is 2.82. The van der Waals surface area contributed by atoms with Gasteiger partial charge in [-0.15, -0.1) is 0 Å². The molecular formula is C14H12IN3O3. The van der Waals surface area contributed by atoms with Crippen molar-refractivity contribution in [3.63, 3.8) is 0 Å². The minimum Gasteiger partial charge on any atom is -0.298 e. The van der Waals surface area contributed by atoms with Crippen LogP contribution in [-0.4, -0.2) is 10.8 Å². The van der Waals surface area contributed by atoms with Crippen LogP contribution in [0.3, 0.4) is 0 Å². The number of anilines is 1. The highest BCUT2D eigenvalue weighted by Crippen LogP contribution is 2.17. The van der Waals surface area contributed by atoms with E-state index in [9.17, 15) is 14.9 Å². The van der Waals surface area contributed by atoms with Crippen molar-refractivity contribution in [2.45, 2.75) is 6.92 Å². The first-order valence-corrected chi connectivity index (χ1v) is 7.12. The number of nitrogens with one attached hydrogen (secondary N) is 2. The molecule has 0 atom stereocenters. The summed E-state index contributed by atoms with van der Waals surface area (Å²) in [6, 6.07) is 11.3. The molecule has 0 unspecified atom stereocenters. The monoisotopic (exact) mass is 397 g/mol. The lowest BCUT2D eigenvalue weighted by molar-refractivity contribution is -0.384. The number of hydrogen-bond donors (Lipinski definition) is 2. The van der Waals surface area contributed by atoms with E-state index in [4.69, 9.17) is 0 Å². The quantitative estimate of drug-likeness (QED) is 0.471. The van der Waals surface area contributed by atoms with Gasteiger partial charge in [0.15, 0.2) is 0 Å². The van der Waals surface area contributed by atoms with Crippen LogP contribution in [0.4, 0.5) is 11.4 Å². The summed E-state index contributed by atoms with van der Waals surface area (Å²) in [7, 11) is 0. The average Bonchev–Trinajstić information content (AvgIpc) is 2.46. The topological polar surface area (TPSA) is 84.3 Å². The molecule has 0 heterocycles. The zero-order valence-electron chi connectivity index (χ0n) is 11.1. The Morgan fingerprint density at radius 1 is 1.24 bits per heavy atom. The SMILES string of the molecule is Cc1cc(I)ccc1NNC(=O)c1cccc([N+](=O)[O-])c1. The first-order chi connectivity index (χ1) is 9.97. The first kappa shape index (κ1) is 15.2. The maximum Gasteiger partial charge on any atom is 0.270 e. The number of amides is 1. The van der Waals surface area contributed by atoms with Crippen LogP contribution < -0.4 is 10.9 Å². The lowest BCUT2D eigenvalue weighted by Gasteiger charge is -2.11. The Labute approximate surface area is 134 Å². The Balaban J connectivity index is 2.08. The number of rotatable bonds is 4. The van der Waals surface area contributed by atoms with Gasteiger partial charge in [0.2, 0.25) is 0 Å². The summed E-state index contributed by atoms with van der Waals surface area (Å²) in [5.74, 6) is -0.434. The number of nitro benzene ring substituents is 1.